The summed E-state index contributed by atoms with van der Waals surface area (Å²) in [6.07, 6.45) is 0.486. The van der Waals surface area contributed by atoms with Gasteiger partial charge in [0.1, 0.15) is 0 Å². The van der Waals surface area contributed by atoms with Crippen molar-refractivity contribution < 1.29 is 9.59 Å². The molecular weight excluding hydrogens is 228 g/mol. The van der Waals surface area contributed by atoms with Crippen LogP contribution in [0.25, 0.3) is 0 Å². The molecule has 0 bridgehead atoms. The molecule has 0 atom stereocenters. The largest absolute Gasteiger partial charge is 0.344 e. The SMILES string of the molecule is Cc1ccc(C(=O)CCC(=O)N(C)CCN)cc1. The van der Waals surface area contributed by atoms with Crippen LogP contribution in [0.15, 0.2) is 24.3 Å². The number of benzene rings is 1. The van der Waals surface area contributed by atoms with E-state index in [-0.39, 0.29) is 24.5 Å². The summed E-state index contributed by atoms with van der Waals surface area (Å²) in [7, 11) is 1.70. The first kappa shape index (κ1) is 14.4. The van der Waals surface area contributed by atoms with Crippen LogP contribution in [0.4, 0.5) is 0 Å². The Morgan fingerprint density at radius 3 is 2.33 bits per heavy atom. The van der Waals surface area contributed by atoms with Gasteiger partial charge < -0.3 is 10.6 Å². The number of carbonyl (C=O) groups is 2. The van der Waals surface area contributed by atoms with Crippen LogP contribution in [0, 0.1) is 6.92 Å². The predicted molar refractivity (Wildman–Crippen MR) is 71.4 cm³/mol. The average molecular weight is 248 g/mol. The molecule has 98 valence electrons. The number of likely N-dealkylation sites (N-methyl/N-ethyl adjacent to an activating group) is 1. The monoisotopic (exact) mass is 248 g/mol. The normalized spacial score (nSPS) is 10.2. The van der Waals surface area contributed by atoms with Crippen molar-refractivity contribution in [3.8, 4) is 0 Å². The third-order valence-corrected chi connectivity index (χ3v) is 2.83. The van der Waals surface area contributed by atoms with Crippen LogP contribution in [0.3, 0.4) is 0 Å². The topological polar surface area (TPSA) is 63.4 Å². The molecule has 0 unspecified atom stereocenters. The van der Waals surface area contributed by atoms with E-state index in [0.29, 0.717) is 18.7 Å². The maximum absolute atomic E-state index is 11.8. The molecule has 4 heteroatoms. The van der Waals surface area contributed by atoms with Gasteiger partial charge in [0.25, 0.3) is 0 Å². The number of aryl methyl sites for hydroxylation is 1. The van der Waals surface area contributed by atoms with Gasteiger partial charge in [-0.3, -0.25) is 9.59 Å². The highest BCUT2D eigenvalue weighted by Gasteiger charge is 2.11. The summed E-state index contributed by atoms with van der Waals surface area (Å²) in [5.74, 6) is -0.0367. The number of Topliss-reactive ketones (excluding diaryl/α,β-unsaturated/α-hetero) is 1. The number of amides is 1. The van der Waals surface area contributed by atoms with Crippen LogP contribution in [0.2, 0.25) is 0 Å². The molecule has 0 aliphatic rings. The lowest BCUT2D eigenvalue weighted by Gasteiger charge is -2.15. The van der Waals surface area contributed by atoms with Gasteiger partial charge in [-0.25, -0.2) is 0 Å². The molecule has 0 fully saturated rings. The molecular formula is C14H20N2O2. The summed E-state index contributed by atoms with van der Waals surface area (Å²) in [4.78, 5) is 25.0. The fraction of sp³-hybridized carbons (Fsp3) is 0.429. The first-order chi connectivity index (χ1) is 8.54. The number of ketones is 1. The molecule has 1 aromatic carbocycles. The molecule has 18 heavy (non-hydrogen) atoms. The van der Waals surface area contributed by atoms with Gasteiger partial charge in [-0.1, -0.05) is 29.8 Å². The molecule has 2 N–H and O–H groups in total. The van der Waals surface area contributed by atoms with E-state index < -0.39 is 0 Å². The van der Waals surface area contributed by atoms with E-state index in [1.165, 1.54) is 0 Å². The molecule has 0 spiro atoms. The Morgan fingerprint density at radius 2 is 1.78 bits per heavy atom. The van der Waals surface area contributed by atoms with Crippen LogP contribution >= 0.6 is 0 Å². The first-order valence-corrected chi connectivity index (χ1v) is 6.08. The average Bonchev–Trinajstić information content (AvgIpc) is 2.36. The maximum atomic E-state index is 11.8. The van der Waals surface area contributed by atoms with Gasteiger partial charge in [0, 0.05) is 38.5 Å². The van der Waals surface area contributed by atoms with Gasteiger partial charge in [-0.15, -0.1) is 0 Å². The Hall–Kier alpha value is -1.68. The predicted octanol–water partition coefficient (Wildman–Crippen LogP) is 1.38. The Labute approximate surface area is 108 Å². The summed E-state index contributed by atoms with van der Waals surface area (Å²) in [6, 6.07) is 7.39. The van der Waals surface area contributed by atoms with Crippen LogP contribution in [0.1, 0.15) is 28.8 Å². The fourth-order valence-corrected chi connectivity index (χ4v) is 1.61. The van der Waals surface area contributed by atoms with Crippen LogP contribution in [-0.2, 0) is 4.79 Å². The van der Waals surface area contributed by atoms with Crippen LogP contribution < -0.4 is 5.73 Å². The van der Waals surface area contributed by atoms with Crippen molar-refractivity contribution >= 4 is 11.7 Å². The van der Waals surface area contributed by atoms with Crippen molar-refractivity contribution in [3.05, 3.63) is 35.4 Å². The van der Waals surface area contributed by atoms with Crippen molar-refractivity contribution in [1.82, 2.24) is 4.90 Å². The van der Waals surface area contributed by atoms with E-state index in [0.717, 1.165) is 5.56 Å². The van der Waals surface area contributed by atoms with Crippen molar-refractivity contribution in [1.29, 1.82) is 0 Å². The minimum Gasteiger partial charge on any atom is -0.344 e. The van der Waals surface area contributed by atoms with Crippen molar-refractivity contribution in [2.24, 2.45) is 5.73 Å². The second-order valence-corrected chi connectivity index (χ2v) is 4.39. The third-order valence-electron chi connectivity index (χ3n) is 2.83. The Balaban J connectivity index is 2.46. The van der Waals surface area contributed by atoms with E-state index in [4.69, 9.17) is 5.73 Å². The van der Waals surface area contributed by atoms with Crippen LogP contribution in [-0.4, -0.2) is 36.7 Å². The summed E-state index contributed by atoms with van der Waals surface area (Å²) in [6.45, 7) is 2.94. The molecule has 1 rings (SSSR count). The second kappa shape index (κ2) is 6.91. The minimum atomic E-state index is -0.0408. The van der Waals surface area contributed by atoms with Crippen LogP contribution in [0.5, 0.6) is 0 Å². The Morgan fingerprint density at radius 1 is 1.17 bits per heavy atom. The molecule has 0 aliphatic heterocycles. The minimum absolute atomic E-state index is 0.00417. The lowest BCUT2D eigenvalue weighted by molar-refractivity contribution is -0.129. The third kappa shape index (κ3) is 4.30. The lowest BCUT2D eigenvalue weighted by Crippen LogP contribution is -2.31. The van der Waals surface area contributed by atoms with Crippen molar-refractivity contribution in [3.63, 3.8) is 0 Å². The number of nitrogens with zero attached hydrogens (tertiary/aromatic N) is 1. The molecule has 0 aromatic heterocycles. The zero-order valence-corrected chi connectivity index (χ0v) is 11.0. The highest BCUT2D eigenvalue weighted by atomic mass is 16.2. The molecule has 1 amide bonds. The standard InChI is InChI=1S/C14H20N2O2/c1-11-3-5-12(6-4-11)13(17)7-8-14(18)16(2)10-9-15/h3-6H,7-10,15H2,1-2H3. The number of hydrogen-bond donors (Lipinski definition) is 1. The van der Waals surface area contributed by atoms with E-state index >= 15 is 0 Å². The van der Waals surface area contributed by atoms with E-state index in [9.17, 15) is 9.59 Å². The van der Waals surface area contributed by atoms with E-state index in [2.05, 4.69) is 0 Å². The number of nitrogens with two attached hydrogens (primary N) is 1. The van der Waals surface area contributed by atoms with Gasteiger partial charge >= 0.3 is 0 Å². The van der Waals surface area contributed by atoms with Crippen molar-refractivity contribution in [2.45, 2.75) is 19.8 Å². The highest BCUT2D eigenvalue weighted by Crippen LogP contribution is 2.08. The molecule has 0 radical (unpaired) electrons. The number of rotatable bonds is 6. The van der Waals surface area contributed by atoms with Gasteiger partial charge in [0.05, 0.1) is 0 Å². The fourth-order valence-electron chi connectivity index (χ4n) is 1.61. The summed E-state index contributed by atoms with van der Waals surface area (Å²) in [5, 5.41) is 0. The molecule has 0 saturated carbocycles. The molecule has 0 aliphatic carbocycles. The molecule has 4 nitrogen and oxygen atoms in total. The zero-order valence-electron chi connectivity index (χ0n) is 11.0. The molecule has 0 saturated heterocycles. The summed E-state index contributed by atoms with van der Waals surface area (Å²) >= 11 is 0. The van der Waals surface area contributed by atoms with Crippen molar-refractivity contribution in [2.75, 3.05) is 20.1 Å². The molecule has 0 heterocycles. The quantitative estimate of drug-likeness (QED) is 0.773. The highest BCUT2D eigenvalue weighted by molar-refractivity contribution is 5.97. The summed E-state index contributed by atoms with van der Waals surface area (Å²) in [5.41, 5.74) is 7.15. The van der Waals surface area contributed by atoms with E-state index in [1.54, 1.807) is 24.1 Å². The first-order valence-electron chi connectivity index (χ1n) is 6.08. The van der Waals surface area contributed by atoms with Gasteiger partial charge in [-0.2, -0.15) is 0 Å². The Kier molecular flexibility index (Phi) is 5.52. The molecule has 1 aromatic rings. The van der Waals surface area contributed by atoms with E-state index in [1.807, 2.05) is 19.1 Å². The second-order valence-electron chi connectivity index (χ2n) is 4.39. The van der Waals surface area contributed by atoms with Gasteiger partial charge in [-0.05, 0) is 6.92 Å². The summed E-state index contributed by atoms with van der Waals surface area (Å²) < 4.78 is 0. The number of carbonyl (C=O) groups excluding carboxylic acids is 2. The van der Waals surface area contributed by atoms with Gasteiger partial charge in [0.2, 0.25) is 5.91 Å². The smallest absolute Gasteiger partial charge is 0.222 e. The maximum Gasteiger partial charge on any atom is 0.222 e. The van der Waals surface area contributed by atoms with Gasteiger partial charge in [0.15, 0.2) is 5.78 Å². The number of hydrogen-bond acceptors (Lipinski definition) is 3. The zero-order chi connectivity index (χ0) is 13.5. The Bertz CT molecular complexity index is 412. The lowest BCUT2D eigenvalue weighted by atomic mass is 10.0.